The van der Waals surface area contributed by atoms with E-state index in [1.807, 2.05) is 0 Å². The molecule has 0 bridgehead atoms. The van der Waals surface area contributed by atoms with Crippen LogP contribution in [0.25, 0.3) is 10.4 Å². The maximum Gasteiger partial charge on any atom is 0.356 e. The van der Waals surface area contributed by atoms with Crippen LogP contribution in [0.4, 0.5) is 5.69 Å². The van der Waals surface area contributed by atoms with Crippen molar-refractivity contribution in [2.24, 2.45) is 11.0 Å². The van der Waals surface area contributed by atoms with Crippen molar-refractivity contribution in [3.05, 3.63) is 72.5 Å². The minimum absolute atomic E-state index is 0.0713. The fraction of sp³-hybridized carbons (Fsp3) is 0.368. The van der Waals surface area contributed by atoms with Gasteiger partial charge in [0.15, 0.2) is 0 Å². The normalized spacial score (nSPS) is 20.8. The molecule has 1 N–H and O–H groups in total. The van der Waals surface area contributed by atoms with E-state index in [1.165, 1.54) is 47.9 Å². The van der Waals surface area contributed by atoms with Gasteiger partial charge in [-0.15, -0.1) is 11.8 Å². The van der Waals surface area contributed by atoms with Gasteiger partial charge in [0.25, 0.3) is 5.69 Å². The van der Waals surface area contributed by atoms with E-state index in [9.17, 15) is 24.8 Å². The number of azide groups is 1. The van der Waals surface area contributed by atoms with Gasteiger partial charge in [0.2, 0.25) is 5.91 Å². The molecule has 3 atom stereocenters. The quantitative estimate of drug-likeness (QED) is 0.116. The number of nitrogens with zero attached hydrogens (tertiary/aromatic N) is 5. The van der Waals surface area contributed by atoms with Gasteiger partial charge in [-0.3, -0.25) is 14.9 Å². The van der Waals surface area contributed by atoms with E-state index in [0.717, 1.165) is 0 Å². The molecular formula is C19H19N5O6S. The molecule has 12 heteroatoms. The summed E-state index contributed by atoms with van der Waals surface area (Å²) in [5, 5.41) is 25.7. The van der Waals surface area contributed by atoms with Crippen molar-refractivity contribution >= 4 is 29.3 Å². The summed E-state index contributed by atoms with van der Waals surface area (Å²) >= 11 is 1.23. The first-order valence-corrected chi connectivity index (χ1v) is 10.2. The number of nitro benzene ring substituents is 1. The lowest BCUT2D eigenvalue weighted by atomic mass is 9.83. The van der Waals surface area contributed by atoms with Crippen molar-refractivity contribution in [3.8, 4) is 0 Å². The van der Waals surface area contributed by atoms with Crippen LogP contribution in [0.3, 0.4) is 0 Å². The molecule has 1 amide bonds. The maximum atomic E-state index is 12.8. The number of hydrogen-bond donors (Lipinski definition) is 1. The Labute approximate surface area is 181 Å². The predicted octanol–water partition coefficient (Wildman–Crippen LogP) is 3.02. The molecule has 0 unspecified atom stereocenters. The Morgan fingerprint density at radius 3 is 2.84 bits per heavy atom. The number of ether oxygens (including phenoxy) is 1. The van der Waals surface area contributed by atoms with Crippen molar-refractivity contribution in [3.63, 3.8) is 0 Å². The van der Waals surface area contributed by atoms with E-state index in [1.54, 1.807) is 11.5 Å². The molecule has 3 rings (SSSR count). The van der Waals surface area contributed by atoms with E-state index in [0.29, 0.717) is 16.9 Å². The van der Waals surface area contributed by atoms with Crippen molar-refractivity contribution in [2.45, 2.75) is 32.1 Å². The first-order chi connectivity index (χ1) is 14.8. The highest BCUT2D eigenvalue weighted by Gasteiger charge is 2.56. The van der Waals surface area contributed by atoms with Gasteiger partial charge in [-0.1, -0.05) is 11.2 Å². The zero-order valence-corrected chi connectivity index (χ0v) is 17.3. The molecule has 2 aliphatic rings. The number of nitro groups is 1. The number of thioether (sulfide) groups is 1. The van der Waals surface area contributed by atoms with Gasteiger partial charge in [-0.25, -0.2) is 4.79 Å². The lowest BCUT2D eigenvalue weighted by Crippen LogP contribution is -2.61. The second-order valence-corrected chi connectivity index (χ2v) is 7.92. The minimum Gasteiger partial charge on any atom is -0.456 e. The second kappa shape index (κ2) is 9.65. The van der Waals surface area contributed by atoms with Crippen LogP contribution in [0.5, 0.6) is 0 Å². The van der Waals surface area contributed by atoms with Crippen LogP contribution >= 0.6 is 11.8 Å². The highest BCUT2D eigenvalue weighted by atomic mass is 32.2. The Balaban J connectivity index is 1.74. The van der Waals surface area contributed by atoms with Crippen LogP contribution in [0.2, 0.25) is 0 Å². The molecule has 162 valence electrons. The van der Waals surface area contributed by atoms with E-state index in [-0.39, 0.29) is 36.5 Å². The number of hydrogen-bond acceptors (Lipinski definition) is 8. The second-order valence-electron chi connectivity index (χ2n) is 6.92. The molecule has 1 fully saturated rings. The first-order valence-electron chi connectivity index (χ1n) is 9.32. The number of aliphatic hydroxyl groups is 1. The SMILES string of the molecule is C[C@H](O)[C@@H]1C(=O)N2C(C(=O)OCc3ccc([N+](=O)[O-])cc3)=C(S/C=C/CN=[N+]=[N-])C[C@H]12. The van der Waals surface area contributed by atoms with Crippen LogP contribution in [0, 0.1) is 16.0 Å². The summed E-state index contributed by atoms with van der Waals surface area (Å²) in [4.78, 5) is 40.2. The van der Waals surface area contributed by atoms with Gasteiger partial charge >= 0.3 is 5.97 Å². The number of non-ortho nitro benzene ring substituents is 1. The van der Waals surface area contributed by atoms with E-state index < -0.39 is 22.9 Å². The fourth-order valence-electron chi connectivity index (χ4n) is 3.51. The Bertz CT molecular complexity index is 1000. The van der Waals surface area contributed by atoms with Crippen LogP contribution in [-0.4, -0.2) is 45.5 Å². The largest absolute Gasteiger partial charge is 0.456 e. The predicted molar refractivity (Wildman–Crippen MR) is 111 cm³/mol. The number of carbonyl (C=O) groups is 2. The Kier molecular flexibility index (Phi) is 6.95. The summed E-state index contributed by atoms with van der Waals surface area (Å²) in [6, 6.07) is 5.29. The number of rotatable bonds is 9. The fourth-order valence-corrected chi connectivity index (χ4v) is 4.42. The number of benzene rings is 1. The molecule has 1 saturated heterocycles. The molecule has 0 aromatic heterocycles. The van der Waals surface area contributed by atoms with Gasteiger partial charge in [0.1, 0.15) is 12.3 Å². The first kappa shape index (κ1) is 22.3. The molecule has 31 heavy (non-hydrogen) atoms. The Morgan fingerprint density at radius 2 is 2.23 bits per heavy atom. The van der Waals surface area contributed by atoms with Crippen molar-refractivity contribution in [2.75, 3.05) is 6.54 Å². The van der Waals surface area contributed by atoms with Gasteiger partial charge < -0.3 is 14.7 Å². The Morgan fingerprint density at radius 1 is 1.52 bits per heavy atom. The van der Waals surface area contributed by atoms with Crippen molar-refractivity contribution < 1.29 is 24.4 Å². The van der Waals surface area contributed by atoms with Crippen LogP contribution in [-0.2, 0) is 20.9 Å². The summed E-state index contributed by atoms with van der Waals surface area (Å²) < 4.78 is 5.36. The summed E-state index contributed by atoms with van der Waals surface area (Å²) in [5.41, 5.74) is 8.95. The monoisotopic (exact) mass is 445 g/mol. The molecular weight excluding hydrogens is 426 g/mol. The number of carbonyl (C=O) groups excluding carboxylic acids is 2. The smallest absolute Gasteiger partial charge is 0.356 e. The highest BCUT2D eigenvalue weighted by Crippen LogP contribution is 2.47. The van der Waals surface area contributed by atoms with Gasteiger partial charge in [-0.2, -0.15) is 0 Å². The van der Waals surface area contributed by atoms with Gasteiger partial charge in [0, 0.05) is 34.9 Å². The average Bonchev–Trinajstić information content (AvgIpc) is 3.06. The van der Waals surface area contributed by atoms with Crippen LogP contribution < -0.4 is 0 Å². The third-order valence-electron chi connectivity index (χ3n) is 4.96. The molecule has 11 nitrogen and oxygen atoms in total. The lowest BCUT2D eigenvalue weighted by molar-refractivity contribution is -0.384. The molecule has 0 spiro atoms. The summed E-state index contributed by atoms with van der Waals surface area (Å²) in [7, 11) is 0. The summed E-state index contributed by atoms with van der Waals surface area (Å²) in [6.07, 6.45) is 1.19. The standard InChI is InChI=1S/C19H19N5O6S/c1-11(25)16-14-9-15(31-8-2-7-21-22-20)17(23(14)18(16)26)19(27)30-10-12-3-5-13(6-4-12)24(28)29/h2-6,8,11,14,16,25H,7,9-10H2,1H3/b8-2+/t11-,14+,16-/m0/s1. The van der Waals surface area contributed by atoms with Crippen molar-refractivity contribution in [1.29, 1.82) is 0 Å². The van der Waals surface area contributed by atoms with E-state index in [2.05, 4.69) is 10.0 Å². The van der Waals surface area contributed by atoms with Gasteiger partial charge in [-0.05, 0) is 35.6 Å². The van der Waals surface area contributed by atoms with E-state index in [4.69, 9.17) is 10.3 Å². The van der Waals surface area contributed by atoms with Gasteiger partial charge in [0.05, 0.1) is 23.0 Å². The third kappa shape index (κ3) is 4.71. The number of amides is 1. The molecule has 0 aliphatic carbocycles. The molecule has 2 aliphatic heterocycles. The topological polar surface area (TPSA) is 159 Å². The zero-order chi connectivity index (χ0) is 22.5. The summed E-state index contributed by atoms with van der Waals surface area (Å²) in [5.74, 6) is -1.61. The molecule has 2 heterocycles. The average molecular weight is 445 g/mol. The highest BCUT2D eigenvalue weighted by molar-refractivity contribution is 8.05. The van der Waals surface area contributed by atoms with Crippen LogP contribution in [0.1, 0.15) is 18.9 Å². The molecule has 0 saturated carbocycles. The van der Waals surface area contributed by atoms with Crippen LogP contribution in [0.15, 0.2) is 51.5 Å². The Hall–Kier alpha value is -3.34. The lowest BCUT2D eigenvalue weighted by Gasteiger charge is -2.44. The number of aliphatic hydroxyl groups excluding tert-OH is 1. The minimum atomic E-state index is -0.837. The molecule has 0 radical (unpaired) electrons. The molecule has 1 aromatic carbocycles. The maximum absolute atomic E-state index is 12.8. The zero-order valence-electron chi connectivity index (χ0n) is 16.5. The third-order valence-corrected chi connectivity index (χ3v) is 5.93. The van der Waals surface area contributed by atoms with E-state index >= 15 is 0 Å². The summed E-state index contributed by atoms with van der Waals surface area (Å²) in [6.45, 7) is 1.58. The molecule has 1 aromatic rings. The number of β-lactam (4-membered cyclic amide) rings is 1. The number of fused-ring (bicyclic) bond motifs is 1. The van der Waals surface area contributed by atoms with Crippen molar-refractivity contribution in [1.82, 2.24) is 4.90 Å². The number of esters is 1.